The zero-order valence-corrected chi connectivity index (χ0v) is 13.2. The smallest absolute Gasteiger partial charge is 0.308 e. The van der Waals surface area contributed by atoms with E-state index in [4.69, 9.17) is 4.74 Å². The summed E-state index contributed by atoms with van der Waals surface area (Å²) in [6, 6.07) is -0.318. The topological polar surface area (TPSA) is 87.2 Å². The molecule has 0 spiro atoms. The first-order valence-electron chi connectivity index (χ1n) is 7.46. The number of carbonyl (C=O) groups excluding carboxylic acids is 1. The van der Waals surface area contributed by atoms with Gasteiger partial charge in [-0.1, -0.05) is 6.42 Å². The van der Waals surface area contributed by atoms with Crippen molar-refractivity contribution in [2.75, 3.05) is 33.4 Å². The first-order chi connectivity index (χ1) is 10.0. The van der Waals surface area contributed by atoms with Crippen LogP contribution in [0.4, 0.5) is 0 Å². The Morgan fingerprint density at radius 3 is 2.43 bits per heavy atom. The van der Waals surface area contributed by atoms with Crippen LogP contribution in [0.2, 0.25) is 0 Å². The van der Waals surface area contributed by atoms with Crippen LogP contribution >= 0.6 is 0 Å². The zero-order chi connectivity index (χ0) is 15.5. The van der Waals surface area contributed by atoms with E-state index in [0.717, 1.165) is 12.8 Å². The minimum absolute atomic E-state index is 0.141. The van der Waals surface area contributed by atoms with E-state index >= 15 is 0 Å². The fourth-order valence-electron chi connectivity index (χ4n) is 3.10. The highest BCUT2D eigenvalue weighted by Gasteiger charge is 2.38. The number of nitrogens with zero attached hydrogens (tertiary/aromatic N) is 2. The Kier molecular flexibility index (Phi) is 5.59. The highest BCUT2D eigenvalue weighted by atomic mass is 32.2. The molecule has 21 heavy (non-hydrogen) atoms. The lowest BCUT2D eigenvalue weighted by atomic mass is 9.99. The fraction of sp³-hybridized carbons (Fsp3) is 0.923. The van der Waals surface area contributed by atoms with Gasteiger partial charge in [0.25, 0.3) is 10.2 Å². The van der Waals surface area contributed by atoms with Crippen molar-refractivity contribution < 1.29 is 23.1 Å². The summed E-state index contributed by atoms with van der Waals surface area (Å²) in [6.45, 7) is 0.982. The van der Waals surface area contributed by atoms with Crippen molar-refractivity contribution in [3.05, 3.63) is 0 Å². The van der Waals surface area contributed by atoms with Crippen LogP contribution < -0.4 is 0 Å². The molecular weight excluding hydrogens is 296 g/mol. The summed E-state index contributed by atoms with van der Waals surface area (Å²) in [5.74, 6) is -0.477. The molecule has 2 aliphatic rings. The quantitative estimate of drug-likeness (QED) is 0.735. The fourth-order valence-corrected chi connectivity index (χ4v) is 4.98. The third-order valence-electron chi connectivity index (χ3n) is 4.39. The van der Waals surface area contributed by atoms with Gasteiger partial charge < -0.3 is 9.84 Å². The molecule has 0 bridgehead atoms. The molecule has 0 aromatic carbocycles. The lowest BCUT2D eigenvalue weighted by molar-refractivity contribution is -0.146. The molecule has 7 nitrogen and oxygen atoms in total. The van der Waals surface area contributed by atoms with E-state index in [2.05, 4.69) is 0 Å². The standard InChI is InChI=1S/C13H24N2O5S/c1-20-13(17)11-5-8-14(9-6-11)21(18,19)15-7-3-2-4-12(15)10-16/h11-12,16H,2-10H2,1H3. The Morgan fingerprint density at radius 2 is 1.86 bits per heavy atom. The van der Waals surface area contributed by atoms with Crippen LogP contribution in [0.25, 0.3) is 0 Å². The van der Waals surface area contributed by atoms with E-state index in [0.29, 0.717) is 38.9 Å². The molecule has 0 aliphatic carbocycles. The van der Waals surface area contributed by atoms with E-state index < -0.39 is 10.2 Å². The summed E-state index contributed by atoms with van der Waals surface area (Å²) in [5.41, 5.74) is 0. The van der Waals surface area contributed by atoms with Gasteiger partial charge >= 0.3 is 5.97 Å². The second-order valence-corrected chi connectivity index (χ2v) is 7.53. The molecule has 1 atom stereocenters. The summed E-state index contributed by atoms with van der Waals surface area (Å²) in [7, 11) is -2.20. The van der Waals surface area contributed by atoms with Gasteiger partial charge in [0, 0.05) is 25.7 Å². The predicted octanol–water partition coefficient (Wildman–Crippen LogP) is -0.0370. The summed E-state index contributed by atoms with van der Waals surface area (Å²) < 4.78 is 32.9. The van der Waals surface area contributed by atoms with E-state index in [1.165, 1.54) is 15.7 Å². The third-order valence-corrected chi connectivity index (χ3v) is 6.49. The number of aliphatic hydroxyl groups excluding tert-OH is 1. The molecule has 0 aromatic rings. The van der Waals surface area contributed by atoms with Crippen LogP contribution in [0, 0.1) is 5.92 Å². The molecule has 2 aliphatic heterocycles. The SMILES string of the molecule is COC(=O)C1CCN(S(=O)(=O)N2CCCCC2CO)CC1. The molecule has 0 amide bonds. The van der Waals surface area contributed by atoms with Crippen LogP contribution in [0.3, 0.4) is 0 Å². The van der Waals surface area contributed by atoms with Crippen molar-refractivity contribution in [3.63, 3.8) is 0 Å². The Labute approximate surface area is 126 Å². The maximum atomic E-state index is 12.7. The van der Waals surface area contributed by atoms with Crippen molar-refractivity contribution in [2.45, 2.75) is 38.1 Å². The summed E-state index contributed by atoms with van der Waals surface area (Å²) in [4.78, 5) is 11.5. The normalized spacial score (nSPS) is 26.7. The van der Waals surface area contributed by atoms with Crippen molar-refractivity contribution in [1.82, 2.24) is 8.61 Å². The molecule has 122 valence electrons. The van der Waals surface area contributed by atoms with Crippen molar-refractivity contribution in [1.29, 1.82) is 0 Å². The molecular formula is C13H24N2O5S. The summed E-state index contributed by atoms with van der Waals surface area (Å²) >= 11 is 0. The maximum absolute atomic E-state index is 12.7. The molecule has 1 N–H and O–H groups in total. The number of methoxy groups -OCH3 is 1. The molecule has 2 saturated heterocycles. The largest absolute Gasteiger partial charge is 0.469 e. The van der Waals surface area contributed by atoms with Gasteiger partial charge in [-0.15, -0.1) is 0 Å². The minimum atomic E-state index is -3.55. The number of ether oxygens (including phenoxy) is 1. The lowest BCUT2D eigenvalue weighted by Gasteiger charge is -2.39. The van der Waals surface area contributed by atoms with E-state index in [9.17, 15) is 18.3 Å². The Balaban J connectivity index is 2.02. The molecule has 8 heteroatoms. The second-order valence-electron chi connectivity index (χ2n) is 5.65. The highest BCUT2D eigenvalue weighted by Crippen LogP contribution is 2.26. The minimum Gasteiger partial charge on any atom is -0.469 e. The van der Waals surface area contributed by atoms with Crippen LogP contribution in [-0.4, -0.2) is 67.5 Å². The van der Waals surface area contributed by atoms with Crippen LogP contribution in [0.15, 0.2) is 0 Å². The molecule has 2 rings (SSSR count). The Hall–Kier alpha value is -0.700. The first kappa shape index (κ1) is 16.7. The molecule has 0 aromatic heterocycles. The summed E-state index contributed by atoms with van der Waals surface area (Å²) in [6.07, 6.45) is 3.46. The zero-order valence-electron chi connectivity index (χ0n) is 12.4. The number of piperidine rings is 2. The predicted molar refractivity (Wildman–Crippen MR) is 76.7 cm³/mol. The number of hydrogen-bond acceptors (Lipinski definition) is 5. The molecule has 0 radical (unpaired) electrons. The van der Waals surface area contributed by atoms with E-state index in [1.807, 2.05) is 0 Å². The Morgan fingerprint density at radius 1 is 1.19 bits per heavy atom. The van der Waals surface area contributed by atoms with Crippen LogP contribution in [-0.2, 0) is 19.7 Å². The summed E-state index contributed by atoms with van der Waals surface area (Å²) in [5, 5.41) is 9.38. The first-order valence-corrected chi connectivity index (χ1v) is 8.86. The molecule has 2 heterocycles. The highest BCUT2D eigenvalue weighted by molar-refractivity contribution is 7.86. The van der Waals surface area contributed by atoms with E-state index in [-0.39, 0.29) is 24.5 Å². The number of aliphatic hydroxyl groups is 1. The lowest BCUT2D eigenvalue weighted by Crippen LogP contribution is -2.53. The molecule has 1 unspecified atom stereocenters. The molecule has 2 fully saturated rings. The van der Waals surface area contributed by atoms with Crippen LogP contribution in [0.5, 0.6) is 0 Å². The van der Waals surface area contributed by atoms with Gasteiger partial charge in [0.05, 0.1) is 19.6 Å². The van der Waals surface area contributed by atoms with Gasteiger partial charge in [0.1, 0.15) is 0 Å². The number of carbonyl (C=O) groups is 1. The van der Waals surface area contributed by atoms with Gasteiger partial charge in [-0.2, -0.15) is 17.0 Å². The van der Waals surface area contributed by atoms with Crippen molar-refractivity contribution in [2.24, 2.45) is 5.92 Å². The van der Waals surface area contributed by atoms with Gasteiger partial charge in [0.2, 0.25) is 0 Å². The van der Waals surface area contributed by atoms with Crippen molar-refractivity contribution in [3.8, 4) is 0 Å². The van der Waals surface area contributed by atoms with Gasteiger partial charge in [-0.05, 0) is 25.7 Å². The number of rotatable bonds is 4. The average molecular weight is 320 g/mol. The Bertz CT molecular complexity index is 459. The number of hydrogen-bond donors (Lipinski definition) is 1. The average Bonchev–Trinajstić information content (AvgIpc) is 2.54. The van der Waals surface area contributed by atoms with Gasteiger partial charge in [-0.25, -0.2) is 0 Å². The monoisotopic (exact) mass is 320 g/mol. The maximum Gasteiger partial charge on any atom is 0.308 e. The molecule has 0 saturated carbocycles. The second kappa shape index (κ2) is 7.04. The van der Waals surface area contributed by atoms with Crippen molar-refractivity contribution >= 4 is 16.2 Å². The third kappa shape index (κ3) is 3.56. The van der Waals surface area contributed by atoms with Gasteiger partial charge in [-0.3, -0.25) is 4.79 Å². The van der Waals surface area contributed by atoms with E-state index in [1.54, 1.807) is 0 Å². The van der Waals surface area contributed by atoms with Gasteiger partial charge in [0.15, 0.2) is 0 Å². The van der Waals surface area contributed by atoms with Crippen LogP contribution in [0.1, 0.15) is 32.1 Å². The number of esters is 1.